The molecule has 3 N–H and O–H groups in total. The van der Waals surface area contributed by atoms with Crippen LogP contribution in [0.4, 0.5) is 11.6 Å². The molecule has 4 heteroatoms. The minimum absolute atomic E-state index is 0.0870. The van der Waals surface area contributed by atoms with Gasteiger partial charge in [-0.05, 0) is 19.3 Å². The Morgan fingerprint density at radius 1 is 1.22 bits per heavy atom. The Labute approximate surface area is 110 Å². The number of nitrogens with two attached hydrogens (primary N) is 1. The number of hydrogen-bond donors (Lipinski definition) is 2. The second-order valence-corrected chi connectivity index (χ2v) is 6.27. The van der Waals surface area contributed by atoms with Crippen LogP contribution < -0.4 is 11.1 Å². The average molecular weight is 250 g/mol. The van der Waals surface area contributed by atoms with Crippen molar-refractivity contribution >= 4 is 11.6 Å². The molecule has 1 heterocycles. The van der Waals surface area contributed by atoms with E-state index in [1.54, 1.807) is 0 Å². The summed E-state index contributed by atoms with van der Waals surface area (Å²) in [5, 5.41) is 3.37. The molecule has 0 amide bonds. The number of nitrogens with zero attached hydrogens (tertiary/aromatic N) is 2. The van der Waals surface area contributed by atoms with Gasteiger partial charge in [0.15, 0.2) is 0 Å². The molecule has 0 fully saturated rings. The summed E-state index contributed by atoms with van der Waals surface area (Å²) in [6, 6.07) is 0. The Balaban J connectivity index is 2.93. The fourth-order valence-electron chi connectivity index (χ4n) is 1.52. The van der Waals surface area contributed by atoms with Crippen molar-refractivity contribution in [2.45, 2.75) is 53.4 Å². The zero-order chi connectivity index (χ0) is 13.9. The molecule has 0 atom stereocenters. The van der Waals surface area contributed by atoms with Crippen molar-refractivity contribution in [3.8, 4) is 0 Å². The molecule has 0 aromatic carbocycles. The Morgan fingerprint density at radius 2 is 1.83 bits per heavy atom. The maximum atomic E-state index is 5.96. The predicted molar refractivity (Wildman–Crippen MR) is 77.8 cm³/mol. The minimum Gasteiger partial charge on any atom is -0.383 e. The van der Waals surface area contributed by atoms with Gasteiger partial charge in [-0.3, -0.25) is 0 Å². The van der Waals surface area contributed by atoms with Crippen LogP contribution in [0, 0.1) is 12.8 Å². The number of hydrogen-bond acceptors (Lipinski definition) is 4. The van der Waals surface area contributed by atoms with Gasteiger partial charge in [0, 0.05) is 17.5 Å². The van der Waals surface area contributed by atoms with E-state index in [-0.39, 0.29) is 5.41 Å². The molecule has 4 nitrogen and oxygen atoms in total. The van der Waals surface area contributed by atoms with Crippen molar-refractivity contribution in [2.75, 3.05) is 17.6 Å². The Kier molecular flexibility index (Phi) is 4.54. The van der Waals surface area contributed by atoms with Gasteiger partial charge in [0.2, 0.25) is 0 Å². The van der Waals surface area contributed by atoms with Crippen molar-refractivity contribution in [3.63, 3.8) is 0 Å². The molecule has 0 spiro atoms. The summed E-state index contributed by atoms with van der Waals surface area (Å²) < 4.78 is 0. The fraction of sp³-hybridized carbons (Fsp3) is 0.714. The Morgan fingerprint density at radius 3 is 2.33 bits per heavy atom. The molecule has 0 aliphatic heterocycles. The molecule has 0 radical (unpaired) electrons. The predicted octanol–water partition coefficient (Wildman–Crippen LogP) is 3.12. The summed E-state index contributed by atoms with van der Waals surface area (Å²) in [5.74, 6) is 2.91. The second-order valence-electron chi connectivity index (χ2n) is 6.27. The standard InChI is InChI=1S/C14H26N4/c1-9(2)7-8-16-12-10(3)11(15)17-13(18-12)14(4,5)6/h9H,7-8H2,1-6H3,(H3,15,16,17,18). The van der Waals surface area contributed by atoms with Crippen molar-refractivity contribution in [1.29, 1.82) is 0 Å². The van der Waals surface area contributed by atoms with E-state index in [9.17, 15) is 0 Å². The Hall–Kier alpha value is -1.32. The maximum absolute atomic E-state index is 5.96. The lowest BCUT2D eigenvalue weighted by molar-refractivity contribution is 0.545. The van der Waals surface area contributed by atoms with Crippen LogP contribution in [0.25, 0.3) is 0 Å². The number of anilines is 2. The first-order valence-electron chi connectivity index (χ1n) is 6.60. The van der Waals surface area contributed by atoms with E-state index in [0.717, 1.165) is 30.2 Å². The summed E-state index contributed by atoms with van der Waals surface area (Å²) in [4.78, 5) is 8.97. The van der Waals surface area contributed by atoms with Gasteiger partial charge in [0.25, 0.3) is 0 Å². The molecule has 1 aromatic heterocycles. The van der Waals surface area contributed by atoms with E-state index in [2.05, 4.69) is 49.9 Å². The zero-order valence-electron chi connectivity index (χ0n) is 12.5. The van der Waals surface area contributed by atoms with Gasteiger partial charge in [0.05, 0.1) is 0 Å². The average Bonchev–Trinajstić information content (AvgIpc) is 2.22. The monoisotopic (exact) mass is 250 g/mol. The quantitative estimate of drug-likeness (QED) is 0.861. The van der Waals surface area contributed by atoms with Crippen molar-refractivity contribution in [2.24, 2.45) is 5.92 Å². The summed E-state index contributed by atoms with van der Waals surface area (Å²) in [7, 11) is 0. The summed E-state index contributed by atoms with van der Waals surface area (Å²) in [5.41, 5.74) is 6.81. The van der Waals surface area contributed by atoms with E-state index < -0.39 is 0 Å². The molecule has 0 aliphatic rings. The van der Waals surface area contributed by atoms with Crippen molar-refractivity contribution in [3.05, 3.63) is 11.4 Å². The molecule has 0 unspecified atom stereocenters. The topological polar surface area (TPSA) is 63.8 Å². The SMILES string of the molecule is Cc1c(N)nc(C(C)(C)C)nc1NCCC(C)C. The molecule has 1 aromatic rings. The van der Waals surface area contributed by atoms with Crippen LogP contribution in [-0.4, -0.2) is 16.5 Å². The molecule has 18 heavy (non-hydrogen) atoms. The van der Waals surface area contributed by atoms with Crippen LogP contribution in [0.2, 0.25) is 0 Å². The third-order valence-corrected chi connectivity index (χ3v) is 2.87. The molecule has 0 saturated heterocycles. The van der Waals surface area contributed by atoms with Gasteiger partial charge in [0.1, 0.15) is 17.5 Å². The molecule has 0 bridgehead atoms. The minimum atomic E-state index is -0.0870. The fourth-order valence-corrected chi connectivity index (χ4v) is 1.52. The normalized spacial score (nSPS) is 11.9. The number of aromatic nitrogens is 2. The number of nitrogens with one attached hydrogen (secondary N) is 1. The van der Waals surface area contributed by atoms with Crippen molar-refractivity contribution in [1.82, 2.24) is 9.97 Å². The van der Waals surface area contributed by atoms with E-state index in [4.69, 9.17) is 5.73 Å². The van der Waals surface area contributed by atoms with Gasteiger partial charge in [-0.2, -0.15) is 0 Å². The van der Waals surface area contributed by atoms with Crippen LogP contribution in [0.15, 0.2) is 0 Å². The first kappa shape index (κ1) is 14.7. The lowest BCUT2D eigenvalue weighted by atomic mass is 9.95. The van der Waals surface area contributed by atoms with Gasteiger partial charge >= 0.3 is 0 Å². The van der Waals surface area contributed by atoms with Gasteiger partial charge < -0.3 is 11.1 Å². The molecular weight excluding hydrogens is 224 g/mol. The van der Waals surface area contributed by atoms with Gasteiger partial charge in [-0.15, -0.1) is 0 Å². The van der Waals surface area contributed by atoms with Crippen LogP contribution in [0.5, 0.6) is 0 Å². The highest BCUT2D eigenvalue weighted by atomic mass is 15.1. The highest BCUT2D eigenvalue weighted by Crippen LogP contribution is 2.24. The molecule has 0 aliphatic carbocycles. The molecule has 0 saturated carbocycles. The van der Waals surface area contributed by atoms with E-state index in [1.807, 2.05) is 6.92 Å². The lowest BCUT2D eigenvalue weighted by Crippen LogP contribution is -2.20. The zero-order valence-corrected chi connectivity index (χ0v) is 12.5. The molecule has 102 valence electrons. The highest BCUT2D eigenvalue weighted by molar-refractivity contribution is 5.55. The van der Waals surface area contributed by atoms with E-state index in [0.29, 0.717) is 11.7 Å². The van der Waals surface area contributed by atoms with Crippen LogP contribution >= 0.6 is 0 Å². The number of rotatable bonds is 4. The van der Waals surface area contributed by atoms with Crippen molar-refractivity contribution < 1.29 is 0 Å². The smallest absolute Gasteiger partial charge is 0.138 e. The second kappa shape index (κ2) is 5.55. The van der Waals surface area contributed by atoms with E-state index in [1.165, 1.54) is 0 Å². The molecule has 1 rings (SSSR count). The highest BCUT2D eigenvalue weighted by Gasteiger charge is 2.20. The van der Waals surface area contributed by atoms with Gasteiger partial charge in [-0.25, -0.2) is 9.97 Å². The summed E-state index contributed by atoms with van der Waals surface area (Å²) >= 11 is 0. The number of nitrogen functional groups attached to an aromatic ring is 1. The van der Waals surface area contributed by atoms with Crippen LogP contribution in [0.1, 0.15) is 52.4 Å². The molecular formula is C14H26N4. The van der Waals surface area contributed by atoms with Crippen LogP contribution in [0.3, 0.4) is 0 Å². The van der Waals surface area contributed by atoms with Crippen LogP contribution in [-0.2, 0) is 5.41 Å². The lowest BCUT2D eigenvalue weighted by Gasteiger charge is -2.20. The first-order chi connectivity index (χ1) is 8.21. The third kappa shape index (κ3) is 3.86. The summed E-state index contributed by atoms with van der Waals surface area (Å²) in [6.45, 7) is 13.6. The summed E-state index contributed by atoms with van der Waals surface area (Å²) in [6.07, 6.45) is 1.12. The first-order valence-corrected chi connectivity index (χ1v) is 6.60. The Bertz CT molecular complexity index is 405. The third-order valence-electron chi connectivity index (χ3n) is 2.87. The maximum Gasteiger partial charge on any atom is 0.138 e. The largest absolute Gasteiger partial charge is 0.383 e. The van der Waals surface area contributed by atoms with Gasteiger partial charge in [-0.1, -0.05) is 34.6 Å². The van der Waals surface area contributed by atoms with E-state index >= 15 is 0 Å².